The molecule has 0 radical (unpaired) electrons. The Morgan fingerprint density at radius 3 is 2.72 bits per heavy atom. The van der Waals surface area contributed by atoms with Gasteiger partial charge in [-0.05, 0) is 29.8 Å². The molecule has 1 aliphatic rings. The number of nitrogens with zero attached hydrogens (tertiary/aromatic N) is 7. The number of hydrogen-bond acceptors (Lipinski definition) is 6. The summed E-state index contributed by atoms with van der Waals surface area (Å²) in [6.45, 7) is 5.69. The maximum absolute atomic E-state index is 12.4. The van der Waals surface area contributed by atoms with Crippen molar-refractivity contribution >= 4 is 11.7 Å². The number of tetrazole rings is 1. The second-order valence-corrected chi connectivity index (χ2v) is 6.41. The summed E-state index contributed by atoms with van der Waals surface area (Å²) >= 11 is 0. The van der Waals surface area contributed by atoms with E-state index in [-0.39, 0.29) is 18.2 Å². The van der Waals surface area contributed by atoms with E-state index in [9.17, 15) is 9.59 Å². The molecule has 0 bridgehead atoms. The second kappa shape index (κ2) is 7.56. The molecule has 0 unspecified atom stereocenters. The van der Waals surface area contributed by atoms with Crippen LogP contribution < -0.4 is 0 Å². The van der Waals surface area contributed by atoms with E-state index in [1.807, 2.05) is 28.8 Å². The van der Waals surface area contributed by atoms with Gasteiger partial charge in [0.25, 0.3) is 0 Å². The van der Waals surface area contributed by atoms with Gasteiger partial charge in [-0.1, -0.05) is 0 Å². The van der Waals surface area contributed by atoms with Crippen molar-refractivity contribution in [3.8, 4) is 0 Å². The average molecular weight is 345 g/mol. The summed E-state index contributed by atoms with van der Waals surface area (Å²) in [5.74, 6) is 0.115. The number of carbonyl (C=O) groups is 2. The van der Waals surface area contributed by atoms with Crippen LogP contribution in [0.5, 0.6) is 0 Å². The minimum atomic E-state index is 0.0342. The molecule has 1 aliphatic heterocycles. The van der Waals surface area contributed by atoms with E-state index in [0.29, 0.717) is 6.54 Å². The standard InChI is InChI=1S/C16H23N7O2/c1-13(24)14-8-15(20(2)9-14)10-21-4-3-5-22(7-6-21)16(25)11-23-12-17-18-19-23/h8-9,12H,3-7,10-11H2,1-2H3. The van der Waals surface area contributed by atoms with Gasteiger partial charge in [0.05, 0.1) is 0 Å². The third-order valence-electron chi connectivity index (χ3n) is 4.53. The Kier molecular flexibility index (Phi) is 5.22. The molecular weight excluding hydrogens is 322 g/mol. The Morgan fingerprint density at radius 2 is 2.04 bits per heavy atom. The van der Waals surface area contributed by atoms with Crippen LogP contribution in [0, 0.1) is 0 Å². The molecule has 0 N–H and O–H groups in total. The fourth-order valence-corrected chi connectivity index (χ4v) is 3.06. The molecule has 9 nitrogen and oxygen atoms in total. The van der Waals surface area contributed by atoms with Crippen LogP contribution in [0.4, 0.5) is 0 Å². The summed E-state index contributed by atoms with van der Waals surface area (Å²) in [7, 11) is 1.96. The van der Waals surface area contributed by atoms with Crippen LogP contribution in [0.15, 0.2) is 18.6 Å². The predicted octanol–water partition coefficient (Wildman–Crippen LogP) is -0.0513. The maximum atomic E-state index is 12.4. The maximum Gasteiger partial charge on any atom is 0.244 e. The zero-order valence-electron chi connectivity index (χ0n) is 14.6. The molecule has 0 spiro atoms. The number of carbonyl (C=O) groups excluding carboxylic acids is 2. The van der Waals surface area contributed by atoms with E-state index in [1.165, 1.54) is 11.0 Å². The van der Waals surface area contributed by atoms with Gasteiger partial charge in [0.15, 0.2) is 5.78 Å². The minimum absolute atomic E-state index is 0.0342. The van der Waals surface area contributed by atoms with Crippen LogP contribution in [-0.4, -0.2) is 72.4 Å². The molecule has 1 amide bonds. The van der Waals surface area contributed by atoms with E-state index in [1.54, 1.807) is 6.92 Å². The quantitative estimate of drug-likeness (QED) is 0.706. The van der Waals surface area contributed by atoms with E-state index in [0.717, 1.165) is 43.9 Å². The van der Waals surface area contributed by atoms with Gasteiger partial charge in [0, 0.05) is 57.2 Å². The summed E-state index contributed by atoms with van der Waals surface area (Å²) in [6.07, 6.45) is 4.24. The van der Waals surface area contributed by atoms with Crippen LogP contribution in [0.25, 0.3) is 0 Å². The zero-order chi connectivity index (χ0) is 17.8. The van der Waals surface area contributed by atoms with Crippen molar-refractivity contribution in [3.05, 3.63) is 29.8 Å². The molecule has 1 fully saturated rings. The second-order valence-electron chi connectivity index (χ2n) is 6.41. The Hall–Kier alpha value is -2.55. The topological polar surface area (TPSA) is 89.2 Å². The molecule has 9 heteroatoms. The van der Waals surface area contributed by atoms with Crippen LogP contribution in [0.2, 0.25) is 0 Å². The normalized spacial score (nSPS) is 16.0. The molecule has 2 aromatic rings. The monoisotopic (exact) mass is 345 g/mol. The highest BCUT2D eigenvalue weighted by Gasteiger charge is 2.20. The Labute approximate surface area is 146 Å². The van der Waals surface area contributed by atoms with E-state index in [2.05, 4.69) is 20.4 Å². The third-order valence-corrected chi connectivity index (χ3v) is 4.53. The fourth-order valence-electron chi connectivity index (χ4n) is 3.06. The van der Waals surface area contributed by atoms with Crippen molar-refractivity contribution in [2.45, 2.75) is 26.4 Å². The van der Waals surface area contributed by atoms with Gasteiger partial charge in [-0.15, -0.1) is 5.10 Å². The van der Waals surface area contributed by atoms with Crippen LogP contribution in [-0.2, 0) is 24.9 Å². The van der Waals surface area contributed by atoms with Crippen molar-refractivity contribution in [1.82, 2.24) is 34.6 Å². The molecule has 3 heterocycles. The fraction of sp³-hybridized carbons (Fsp3) is 0.562. The summed E-state index contributed by atoms with van der Waals surface area (Å²) in [4.78, 5) is 28.1. The number of ketones is 1. The molecule has 25 heavy (non-hydrogen) atoms. The molecule has 0 aromatic carbocycles. The van der Waals surface area contributed by atoms with Crippen LogP contribution >= 0.6 is 0 Å². The largest absolute Gasteiger partial charge is 0.353 e. The molecule has 3 rings (SSSR count). The number of Topliss-reactive ketones (excluding diaryl/α,β-unsaturated/α-hetero) is 1. The summed E-state index contributed by atoms with van der Waals surface area (Å²) < 4.78 is 3.44. The summed E-state index contributed by atoms with van der Waals surface area (Å²) in [5, 5.41) is 10.8. The lowest BCUT2D eigenvalue weighted by atomic mass is 10.2. The number of amides is 1. The van der Waals surface area contributed by atoms with Crippen LogP contribution in [0.3, 0.4) is 0 Å². The van der Waals surface area contributed by atoms with Crippen molar-refractivity contribution in [2.24, 2.45) is 7.05 Å². The highest BCUT2D eigenvalue weighted by molar-refractivity contribution is 5.94. The molecule has 2 aromatic heterocycles. The molecule has 1 saturated heterocycles. The highest BCUT2D eigenvalue weighted by atomic mass is 16.2. The lowest BCUT2D eigenvalue weighted by molar-refractivity contribution is -0.131. The van der Waals surface area contributed by atoms with E-state index < -0.39 is 0 Å². The van der Waals surface area contributed by atoms with Crippen molar-refractivity contribution in [1.29, 1.82) is 0 Å². The number of rotatable bonds is 5. The highest BCUT2D eigenvalue weighted by Crippen LogP contribution is 2.13. The first kappa shape index (κ1) is 17.3. The van der Waals surface area contributed by atoms with Gasteiger partial charge in [-0.25, -0.2) is 4.68 Å². The Bertz CT molecular complexity index is 738. The van der Waals surface area contributed by atoms with E-state index >= 15 is 0 Å². The summed E-state index contributed by atoms with van der Waals surface area (Å²) in [5.41, 5.74) is 1.85. The number of aryl methyl sites for hydroxylation is 1. The molecule has 0 aliphatic carbocycles. The first-order chi connectivity index (χ1) is 12.0. The van der Waals surface area contributed by atoms with Gasteiger partial charge < -0.3 is 9.47 Å². The summed E-state index contributed by atoms with van der Waals surface area (Å²) in [6, 6.07) is 1.95. The molecule has 0 atom stereocenters. The lowest BCUT2D eigenvalue weighted by Gasteiger charge is -2.22. The van der Waals surface area contributed by atoms with Gasteiger partial charge in [0.2, 0.25) is 5.91 Å². The smallest absolute Gasteiger partial charge is 0.244 e. The minimum Gasteiger partial charge on any atom is -0.353 e. The van der Waals surface area contributed by atoms with E-state index in [4.69, 9.17) is 0 Å². The van der Waals surface area contributed by atoms with Crippen LogP contribution in [0.1, 0.15) is 29.4 Å². The molecule has 0 saturated carbocycles. The molecule has 134 valence electrons. The predicted molar refractivity (Wildman–Crippen MR) is 89.7 cm³/mol. The SMILES string of the molecule is CC(=O)c1cc(CN2CCCN(C(=O)Cn3cnnn3)CC2)n(C)c1. The Balaban J connectivity index is 1.56. The first-order valence-electron chi connectivity index (χ1n) is 8.40. The Morgan fingerprint density at radius 1 is 1.20 bits per heavy atom. The average Bonchev–Trinajstić information content (AvgIpc) is 3.13. The van der Waals surface area contributed by atoms with Gasteiger partial charge in [-0.3, -0.25) is 14.5 Å². The first-order valence-corrected chi connectivity index (χ1v) is 8.40. The number of aromatic nitrogens is 5. The van der Waals surface area contributed by atoms with Gasteiger partial charge in [-0.2, -0.15) is 0 Å². The zero-order valence-corrected chi connectivity index (χ0v) is 14.6. The van der Waals surface area contributed by atoms with Gasteiger partial charge >= 0.3 is 0 Å². The lowest BCUT2D eigenvalue weighted by Crippen LogP contribution is -2.37. The van der Waals surface area contributed by atoms with Gasteiger partial charge in [0.1, 0.15) is 12.9 Å². The number of hydrogen-bond donors (Lipinski definition) is 0. The molecular formula is C16H23N7O2. The van der Waals surface area contributed by atoms with Crippen molar-refractivity contribution < 1.29 is 9.59 Å². The van der Waals surface area contributed by atoms with Crippen molar-refractivity contribution in [2.75, 3.05) is 26.2 Å². The third kappa shape index (κ3) is 4.30. The van der Waals surface area contributed by atoms with Crippen molar-refractivity contribution in [3.63, 3.8) is 0 Å².